The summed E-state index contributed by atoms with van der Waals surface area (Å²) in [6.45, 7) is 1.88. The number of pyridine rings is 1. The first kappa shape index (κ1) is 10.4. The number of benzene rings is 1. The van der Waals surface area contributed by atoms with E-state index in [0.29, 0.717) is 17.2 Å². The summed E-state index contributed by atoms with van der Waals surface area (Å²) in [7, 11) is 0. The average Bonchev–Trinajstić information content (AvgIpc) is 2.20. The van der Waals surface area contributed by atoms with E-state index in [4.69, 9.17) is 10.5 Å². The minimum Gasteiger partial charge on any atom is -0.456 e. The van der Waals surface area contributed by atoms with E-state index in [1.807, 2.05) is 13.0 Å². The van der Waals surface area contributed by atoms with Crippen molar-refractivity contribution in [3.63, 3.8) is 0 Å². The SMILES string of the molecule is Cc1ccc(Oc2cc(N)cc(F)c2)cn1. The van der Waals surface area contributed by atoms with Crippen LogP contribution in [0.2, 0.25) is 0 Å². The molecule has 0 unspecified atom stereocenters. The van der Waals surface area contributed by atoms with Gasteiger partial charge in [0.15, 0.2) is 0 Å². The third-order valence-corrected chi connectivity index (χ3v) is 2.01. The van der Waals surface area contributed by atoms with Gasteiger partial charge in [0, 0.05) is 23.5 Å². The van der Waals surface area contributed by atoms with Crippen molar-refractivity contribution in [2.75, 3.05) is 5.73 Å². The predicted molar refractivity (Wildman–Crippen MR) is 59.9 cm³/mol. The van der Waals surface area contributed by atoms with E-state index >= 15 is 0 Å². The molecule has 1 aromatic carbocycles. The van der Waals surface area contributed by atoms with Crippen LogP contribution in [0, 0.1) is 12.7 Å². The number of nitrogen functional groups attached to an aromatic ring is 1. The van der Waals surface area contributed by atoms with Gasteiger partial charge in [0.2, 0.25) is 0 Å². The van der Waals surface area contributed by atoms with Crippen molar-refractivity contribution in [2.45, 2.75) is 6.92 Å². The molecule has 0 radical (unpaired) electrons. The molecule has 0 bridgehead atoms. The molecule has 1 aromatic heterocycles. The molecule has 4 heteroatoms. The van der Waals surface area contributed by atoms with Crippen LogP contribution >= 0.6 is 0 Å². The maximum atomic E-state index is 13.0. The Morgan fingerprint density at radius 3 is 2.62 bits per heavy atom. The maximum Gasteiger partial charge on any atom is 0.145 e. The quantitative estimate of drug-likeness (QED) is 0.788. The molecule has 0 spiro atoms. The van der Waals surface area contributed by atoms with Crippen LogP contribution in [-0.2, 0) is 0 Å². The Morgan fingerprint density at radius 2 is 2.00 bits per heavy atom. The van der Waals surface area contributed by atoms with Gasteiger partial charge in [-0.05, 0) is 25.1 Å². The van der Waals surface area contributed by atoms with Crippen LogP contribution in [0.25, 0.3) is 0 Å². The van der Waals surface area contributed by atoms with Crippen LogP contribution in [0.4, 0.5) is 10.1 Å². The fraction of sp³-hybridized carbons (Fsp3) is 0.0833. The number of halogens is 1. The molecule has 0 atom stereocenters. The lowest BCUT2D eigenvalue weighted by molar-refractivity contribution is 0.474. The fourth-order valence-electron chi connectivity index (χ4n) is 1.29. The summed E-state index contributed by atoms with van der Waals surface area (Å²) in [6.07, 6.45) is 1.58. The highest BCUT2D eigenvalue weighted by atomic mass is 19.1. The average molecular weight is 218 g/mol. The van der Waals surface area contributed by atoms with Gasteiger partial charge in [0.1, 0.15) is 17.3 Å². The highest BCUT2D eigenvalue weighted by molar-refractivity contribution is 5.45. The molecule has 0 saturated heterocycles. The van der Waals surface area contributed by atoms with E-state index in [1.165, 1.54) is 12.1 Å². The molecular weight excluding hydrogens is 207 g/mol. The minimum absolute atomic E-state index is 0.329. The number of aryl methyl sites for hydroxylation is 1. The van der Waals surface area contributed by atoms with E-state index in [0.717, 1.165) is 5.69 Å². The number of rotatable bonds is 2. The zero-order chi connectivity index (χ0) is 11.5. The van der Waals surface area contributed by atoms with Gasteiger partial charge in [-0.25, -0.2) is 4.39 Å². The van der Waals surface area contributed by atoms with Crippen LogP contribution < -0.4 is 10.5 Å². The summed E-state index contributed by atoms with van der Waals surface area (Å²) in [5.41, 5.74) is 6.72. The number of hydrogen-bond acceptors (Lipinski definition) is 3. The lowest BCUT2D eigenvalue weighted by atomic mass is 10.3. The molecule has 0 fully saturated rings. The zero-order valence-corrected chi connectivity index (χ0v) is 8.77. The highest BCUT2D eigenvalue weighted by Crippen LogP contribution is 2.23. The Hall–Kier alpha value is -2.10. The van der Waals surface area contributed by atoms with Gasteiger partial charge in [-0.1, -0.05) is 0 Å². The van der Waals surface area contributed by atoms with Gasteiger partial charge < -0.3 is 10.5 Å². The molecule has 16 heavy (non-hydrogen) atoms. The summed E-state index contributed by atoms with van der Waals surface area (Å²) >= 11 is 0. The monoisotopic (exact) mass is 218 g/mol. The predicted octanol–water partition coefficient (Wildman–Crippen LogP) is 2.90. The normalized spacial score (nSPS) is 10.1. The van der Waals surface area contributed by atoms with Crippen molar-refractivity contribution in [1.82, 2.24) is 4.98 Å². The number of hydrogen-bond donors (Lipinski definition) is 1. The van der Waals surface area contributed by atoms with Crippen molar-refractivity contribution in [1.29, 1.82) is 0 Å². The van der Waals surface area contributed by atoms with Crippen molar-refractivity contribution in [3.05, 3.63) is 48.0 Å². The first-order valence-electron chi connectivity index (χ1n) is 4.80. The highest BCUT2D eigenvalue weighted by Gasteiger charge is 2.01. The summed E-state index contributed by atoms with van der Waals surface area (Å²) in [6, 6.07) is 7.65. The second-order valence-corrected chi connectivity index (χ2v) is 3.46. The molecule has 0 aliphatic carbocycles. The molecule has 82 valence electrons. The topological polar surface area (TPSA) is 48.1 Å². The molecule has 0 aliphatic heterocycles. The van der Waals surface area contributed by atoms with Gasteiger partial charge in [0.05, 0.1) is 6.20 Å². The van der Waals surface area contributed by atoms with E-state index in [9.17, 15) is 4.39 Å². The second kappa shape index (κ2) is 4.18. The minimum atomic E-state index is -0.421. The van der Waals surface area contributed by atoms with Gasteiger partial charge in [-0.2, -0.15) is 0 Å². The molecule has 0 saturated carbocycles. The second-order valence-electron chi connectivity index (χ2n) is 3.46. The van der Waals surface area contributed by atoms with Crippen LogP contribution in [0.1, 0.15) is 5.69 Å². The third kappa shape index (κ3) is 2.48. The molecule has 3 nitrogen and oxygen atoms in total. The van der Waals surface area contributed by atoms with Crippen LogP contribution in [0.3, 0.4) is 0 Å². The zero-order valence-electron chi connectivity index (χ0n) is 8.77. The molecule has 2 aromatic rings. The number of aromatic nitrogens is 1. The molecule has 0 aliphatic rings. The summed E-state index contributed by atoms with van der Waals surface area (Å²) < 4.78 is 18.4. The Balaban J connectivity index is 2.23. The van der Waals surface area contributed by atoms with Gasteiger partial charge in [-0.3, -0.25) is 4.98 Å². The van der Waals surface area contributed by atoms with E-state index in [1.54, 1.807) is 18.3 Å². The molecular formula is C12H11FN2O. The third-order valence-electron chi connectivity index (χ3n) is 2.01. The number of nitrogens with zero attached hydrogens (tertiary/aromatic N) is 1. The van der Waals surface area contributed by atoms with E-state index in [2.05, 4.69) is 4.98 Å². The first-order valence-corrected chi connectivity index (χ1v) is 4.80. The number of ether oxygens (including phenoxy) is 1. The fourth-order valence-corrected chi connectivity index (χ4v) is 1.29. The van der Waals surface area contributed by atoms with Crippen LogP contribution in [-0.4, -0.2) is 4.98 Å². The molecule has 0 amide bonds. The van der Waals surface area contributed by atoms with Crippen molar-refractivity contribution < 1.29 is 9.13 Å². The van der Waals surface area contributed by atoms with E-state index < -0.39 is 5.82 Å². The Labute approximate surface area is 92.7 Å². The molecule has 2 N–H and O–H groups in total. The van der Waals surface area contributed by atoms with Gasteiger partial charge in [-0.15, -0.1) is 0 Å². The number of nitrogens with two attached hydrogens (primary N) is 1. The van der Waals surface area contributed by atoms with Gasteiger partial charge in [0.25, 0.3) is 0 Å². The van der Waals surface area contributed by atoms with Crippen molar-refractivity contribution in [2.24, 2.45) is 0 Å². The lowest BCUT2D eigenvalue weighted by Gasteiger charge is -2.06. The summed E-state index contributed by atoms with van der Waals surface area (Å²) in [5, 5.41) is 0. The first-order chi connectivity index (χ1) is 7.63. The number of anilines is 1. The smallest absolute Gasteiger partial charge is 0.145 e. The molecule has 2 rings (SSSR count). The molecule has 1 heterocycles. The standard InChI is InChI=1S/C12H11FN2O/c1-8-2-3-11(7-15-8)16-12-5-9(13)4-10(14)6-12/h2-7H,14H2,1H3. The van der Waals surface area contributed by atoms with Gasteiger partial charge >= 0.3 is 0 Å². The summed E-state index contributed by atoms with van der Waals surface area (Å²) in [5.74, 6) is 0.494. The van der Waals surface area contributed by atoms with Crippen LogP contribution in [0.15, 0.2) is 36.5 Å². The Morgan fingerprint density at radius 1 is 1.19 bits per heavy atom. The summed E-state index contributed by atoms with van der Waals surface area (Å²) in [4.78, 5) is 4.07. The Bertz CT molecular complexity index is 477. The van der Waals surface area contributed by atoms with Crippen molar-refractivity contribution >= 4 is 5.69 Å². The maximum absolute atomic E-state index is 13.0. The largest absolute Gasteiger partial charge is 0.456 e. The van der Waals surface area contributed by atoms with Crippen molar-refractivity contribution in [3.8, 4) is 11.5 Å². The van der Waals surface area contributed by atoms with E-state index in [-0.39, 0.29) is 0 Å². The van der Waals surface area contributed by atoms with Crippen LogP contribution in [0.5, 0.6) is 11.5 Å². The lowest BCUT2D eigenvalue weighted by Crippen LogP contribution is -1.91. The Kier molecular flexibility index (Phi) is 2.72.